The third kappa shape index (κ3) is 4.54. The number of aromatic amines is 1. The number of hydrogen-bond donors (Lipinski definition) is 2. The lowest BCUT2D eigenvalue weighted by Crippen LogP contribution is -2.30. The van der Waals surface area contributed by atoms with Crippen molar-refractivity contribution in [3.8, 4) is 21.7 Å². The first-order valence-corrected chi connectivity index (χ1v) is 13.0. The fraction of sp³-hybridized carbons (Fsp3) is 0.379. The number of carbonyl (C=O) groups excluding carboxylic acids is 1. The number of rotatable bonds is 7. The van der Waals surface area contributed by atoms with Crippen molar-refractivity contribution in [2.24, 2.45) is 5.41 Å². The number of para-hydroxylation sites is 1. The Morgan fingerprint density at radius 2 is 1.79 bits per heavy atom. The molecule has 2 N–H and O–H groups in total. The SMILES string of the molecule is CCC(C)(C)C(=O)Nc1[nH]cc(-c2ccc(C(C)C)cc2C(C)C)c1-c1nc2ccccc2s1. The molecule has 0 atom stereocenters. The maximum atomic E-state index is 13.1. The molecule has 34 heavy (non-hydrogen) atoms. The van der Waals surface area contributed by atoms with Crippen LogP contribution >= 0.6 is 11.3 Å². The van der Waals surface area contributed by atoms with Gasteiger partial charge in [0.15, 0.2) is 0 Å². The Morgan fingerprint density at radius 3 is 2.44 bits per heavy atom. The molecule has 2 aromatic carbocycles. The number of nitrogens with zero attached hydrogens (tertiary/aromatic N) is 1. The van der Waals surface area contributed by atoms with E-state index < -0.39 is 5.41 Å². The highest BCUT2D eigenvalue weighted by Gasteiger charge is 2.28. The second-order valence-corrected chi connectivity index (χ2v) is 11.3. The van der Waals surface area contributed by atoms with Crippen LogP contribution in [0.3, 0.4) is 0 Å². The number of H-pyrrole nitrogens is 1. The van der Waals surface area contributed by atoms with Crippen LogP contribution < -0.4 is 5.32 Å². The Morgan fingerprint density at radius 1 is 1.06 bits per heavy atom. The van der Waals surface area contributed by atoms with Crippen LogP contribution in [0.5, 0.6) is 0 Å². The van der Waals surface area contributed by atoms with Gasteiger partial charge in [-0.05, 0) is 47.1 Å². The van der Waals surface area contributed by atoms with Gasteiger partial charge in [-0.2, -0.15) is 0 Å². The van der Waals surface area contributed by atoms with Crippen molar-refractivity contribution >= 4 is 33.3 Å². The van der Waals surface area contributed by atoms with Crippen LogP contribution in [0.2, 0.25) is 0 Å². The highest BCUT2D eigenvalue weighted by atomic mass is 32.1. The summed E-state index contributed by atoms with van der Waals surface area (Å²) in [5.41, 5.74) is 6.36. The molecule has 0 unspecified atom stereocenters. The summed E-state index contributed by atoms with van der Waals surface area (Å²) in [5, 5.41) is 4.09. The molecule has 1 amide bonds. The number of amides is 1. The van der Waals surface area contributed by atoms with Gasteiger partial charge in [0.25, 0.3) is 0 Å². The summed E-state index contributed by atoms with van der Waals surface area (Å²) in [7, 11) is 0. The van der Waals surface area contributed by atoms with E-state index in [4.69, 9.17) is 4.98 Å². The highest BCUT2D eigenvalue weighted by molar-refractivity contribution is 7.21. The predicted octanol–water partition coefficient (Wildman–Crippen LogP) is 8.58. The summed E-state index contributed by atoms with van der Waals surface area (Å²) in [6.45, 7) is 14.9. The van der Waals surface area contributed by atoms with Gasteiger partial charge in [-0.3, -0.25) is 4.79 Å². The maximum Gasteiger partial charge on any atom is 0.231 e. The molecule has 0 fully saturated rings. The Kier molecular flexibility index (Phi) is 6.68. The predicted molar refractivity (Wildman–Crippen MR) is 146 cm³/mol. The minimum absolute atomic E-state index is 0.00463. The first-order chi connectivity index (χ1) is 16.1. The van der Waals surface area contributed by atoms with Gasteiger partial charge in [-0.1, -0.05) is 78.8 Å². The van der Waals surface area contributed by atoms with Gasteiger partial charge in [-0.15, -0.1) is 11.3 Å². The molecule has 2 aromatic heterocycles. The van der Waals surface area contributed by atoms with Crippen molar-refractivity contribution in [1.29, 1.82) is 0 Å². The molecule has 2 heterocycles. The van der Waals surface area contributed by atoms with Crippen LogP contribution in [-0.2, 0) is 4.79 Å². The molecule has 0 saturated heterocycles. The third-order valence-electron chi connectivity index (χ3n) is 6.78. The molecular formula is C29H35N3OS. The number of nitrogens with one attached hydrogen (secondary N) is 2. The summed E-state index contributed by atoms with van der Waals surface area (Å²) in [6.07, 6.45) is 2.78. The van der Waals surface area contributed by atoms with Crippen molar-refractivity contribution in [2.75, 3.05) is 5.32 Å². The first-order valence-electron chi connectivity index (χ1n) is 12.1. The second kappa shape index (κ2) is 9.38. The Labute approximate surface area is 206 Å². The van der Waals surface area contributed by atoms with E-state index in [0.29, 0.717) is 17.7 Å². The molecule has 178 valence electrons. The summed E-state index contributed by atoms with van der Waals surface area (Å²) in [6, 6.07) is 15.0. The smallest absolute Gasteiger partial charge is 0.231 e. The Balaban J connectivity index is 1.92. The highest BCUT2D eigenvalue weighted by Crippen LogP contribution is 2.44. The summed E-state index contributed by atoms with van der Waals surface area (Å²) in [5.74, 6) is 1.55. The quantitative estimate of drug-likeness (QED) is 0.282. The number of carbonyl (C=O) groups is 1. The van der Waals surface area contributed by atoms with Gasteiger partial charge in [0.2, 0.25) is 5.91 Å². The lowest BCUT2D eigenvalue weighted by molar-refractivity contribution is -0.124. The molecule has 5 heteroatoms. The number of thiazole rings is 1. The topological polar surface area (TPSA) is 57.8 Å². The number of anilines is 1. The zero-order valence-corrected chi connectivity index (χ0v) is 22.1. The number of benzene rings is 2. The summed E-state index contributed by atoms with van der Waals surface area (Å²) < 4.78 is 1.13. The standard InChI is InChI=1S/C29H35N3OS/c1-8-29(6,7)28(33)32-26-25(27-31-23-11-9-10-12-24(23)34-27)22(16-30-26)20-14-13-19(17(2)3)15-21(20)18(4)5/h9-18,30H,8H2,1-7H3,(H,32,33). The zero-order valence-electron chi connectivity index (χ0n) is 21.2. The molecule has 0 aliphatic rings. The molecule has 0 saturated carbocycles. The molecule has 0 radical (unpaired) electrons. The van der Waals surface area contributed by atoms with E-state index in [2.05, 4.69) is 62.3 Å². The van der Waals surface area contributed by atoms with Crippen molar-refractivity contribution < 1.29 is 4.79 Å². The monoisotopic (exact) mass is 473 g/mol. The average Bonchev–Trinajstić information content (AvgIpc) is 3.42. The van der Waals surface area contributed by atoms with E-state index in [1.807, 2.05) is 45.2 Å². The summed E-state index contributed by atoms with van der Waals surface area (Å²) >= 11 is 1.66. The number of fused-ring (bicyclic) bond motifs is 1. The first kappa shape index (κ1) is 24.2. The van der Waals surface area contributed by atoms with Crippen LogP contribution in [0, 0.1) is 5.41 Å². The molecule has 0 aliphatic heterocycles. The summed E-state index contributed by atoms with van der Waals surface area (Å²) in [4.78, 5) is 21.5. The van der Waals surface area contributed by atoms with E-state index in [9.17, 15) is 4.79 Å². The molecule has 4 rings (SSSR count). The van der Waals surface area contributed by atoms with Gasteiger partial charge in [0.05, 0.1) is 15.8 Å². The third-order valence-corrected chi connectivity index (χ3v) is 7.83. The van der Waals surface area contributed by atoms with Gasteiger partial charge < -0.3 is 10.3 Å². The molecule has 0 bridgehead atoms. The fourth-order valence-electron chi connectivity index (χ4n) is 4.04. The number of hydrogen-bond acceptors (Lipinski definition) is 3. The van der Waals surface area contributed by atoms with Crippen molar-refractivity contribution in [3.05, 3.63) is 59.8 Å². The van der Waals surface area contributed by atoms with Crippen molar-refractivity contribution in [3.63, 3.8) is 0 Å². The molecular weight excluding hydrogens is 438 g/mol. The van der Waals surface area contributed by atoms with Crippen LogP contribution in [0.25, 0.3) is 31.9 Å². The van der Waals surface area contributed by atoms with E-state index in [1.54, 1.807) is 11.3 Å². The van der Waals surface area contributed by atoms with Crippen LogP contribution in [0.1, 0.15) is 77.8 Å². The zero-order chi connectivity index (χ0) is 24.6. The second-order valence-electron chi connectivity index (χ2n) is 10.3. The Hall–Kier alpha value is -2.92. The normalized spacial score (nSPS) is 12.1. The van der Waals surface area contributed by atoms with E-state index >= 15 is 0 Å². The number of aromatic nitrogens is 2. The van der Waals surface area contributed by atoms with Crippen LogP contribution in [0.4, 0.5) is 5.82 Å². The van der Waals surface area contributed by atoms with E-state index in [0.717, 1.165) is 32.8 Å². The molecule has 4 nitrogen and oxygen atoms in total. The van der Waals surface area contributed by atoms with Gasteiger partial charge in [-0.25, -0.2) is 4.98 Å². The van der Waals surface area contributed by atoms with Crippen molar-refractivity contribution in [2.45, 2.75) is 66.7 Å². The molecule has 0 spiro atoms. The van der Waals surface area contributed by atoms with E-state index in [-0.39, 0.29) is 5.91 Å². The Bertz CT molecular complexity index is 1290. The van der Waals surface area contributed by atoms with Crippen molar-refractivity contribution in [1.82, 2.24) is 9.97 Å². The van der Waals surface area contributed by atoms with Gasteiger partial charge >= 0.3 is 0 Å². The lowest BCUT2D eigenvalue weighted by atomic mass is 9.88. The van der Waals surface area contributed by atoms with Crippen LogP contribution in [0.15, 0.2) is 48.7 Å². The average molecular weight is 474 g/mol. The van der Waals surface area contributed by atoms with Gasteiger partial charge in [0.1, 0.15) is 10.8 Å². The largest absolute Gasteiger partial charge is 0.347 e. The van der Waals surface area contributed by atoms with Gasteiger partial charge in [0, 0.05) is 17.2 Å². The fourth-order valence-corrected chi connectivity index (χ4v) is 5.07. The minimum atomic E-state index is -0.460. The molecule has 4 aromatic rings. The molecule has 0 aliphatic carbocycles. The van der Waals surface area contributed by atoms with E-state index in [1.165, 1.54) is 16.7 Å². The lowest BCUT2D eigenvalue weighted by Gasteiger charge is -2.21. The minimum Gasteiger partial charge on any atom is -0.347 e. The van der Waals surface area contributed by atoms with Crippen LogP contribution in [-0.4, -0.2) is 15.9 Å². The maximum absolute atomic E-state index is 13.1.